The molecule has 0 radical (unpaired) electrons. The molecule has 4 heteroatoms. The molecule has 1 aliphatic rings. The highest BCUT2D eigenvalue weighted by Gasteiger charge is 2.15. The quantitative estimate of drug-likeness (QED) is 0.863. The van der Waals surface area contributed by atoms with Crippen molar-refractivity contribution in [3.63, 3.8) is 0 Å². The molecule has 1 aliphatic heterocycles. The van der Waals surface area contributed by atoms with Crippen LogP contribution in [-0.4, -0.2) is 36.6 Å². The van der Waals surface area contributed by atoms with Gasteiger partial charge in [0.15, 0.2) is 0 Å². The number of hydrogen-bond donors (Lipinski definition) is 1. The van der Waals surface area contributed by atoms with Gasteiger partial charge in [0.05, 0.1) is 6.20 Å². The summed E-state index contributed by atoms with van der Waals surface area (Å²) in [5.41, 5.74) is 0.946. The van der Waals surface area contributed by atoms with Gasteiger partial charge in [0.1, 0.15) is 5.82 Å². The summed E-state index contributed by atoms with van der Waals surface area (Å²) in [6.45, 7) is 4.10. The first kappa shape index (κ1) is 12.5. The summed E-state index contributed by atoms with van der Waals surface area (Å²) in [6, 6.07) is 1.56. The molecule has 94 valence electrons. The van der Waals surface area contributed by atoms with Gasteiger partial charge in [0, 0.05) is 19.3 Å². The van der Waals surface area contributed by atoms with E-state index in [0.29, 0.717) is 0 Å². The molecule has 17 heavy (non-hydrogen) atoms. The van der Waals surface area contributed by atoms with E-state index in [2.05, 4.69) is 22.2 Å². The summed E-state index contributed by atoms with van der Waals surface area (Å²) in [4.78, 5) is 6.13. The first-order valence-corrected chi connectivity index (χ1v) is 6.23. The Labute approximate surface area is 102 Å². The second-order valence-corrected chi connectivity index (χ2v) is 4.90. The molecule has 0 spiro atoms. The number of piperidine rings is 1. The molecule has 1 fully saturated rings. The molecule has 2 heterocycles. The van der Waals surface area contributed by atoms with E-state index in [1.165, 1.54) is 19.0 Å². The van der Waals surface area contributed by atoms with Gasteiger partial charge in [-0.15, -0.1) is 0 Å². The Morgan fingerprint density at radius 1 is 1.41 bits per heavy atom. The molecule has 2 rings (SSSR count). The van der Waals surface area contributed by atoms with Gasteiger partial charge in [0.2, 0.25) is 0 Å². The third-order valence-electron chi connectivity index (χ3n) is 3.24. The zero-order chi connectivity index (χ0) is 12.1. The van der Waals surface area contributed by atoms with Crippen LogP contribution < -0.4 is 5.32 Å². The number of aromatic nitrogens is 1. The fraction of sp³-hybridized carbons (Fsp3) is 0.615. The van der Waals surface area contributed by atoms with E-state index in [1.54, 1.807) is 12.3 Å². The van der Waals surface area contributed by atoms with Crippen molar-refractivity contribution >= 4 is 0 Å². The van der Waals surface area contributed by atoms with Crippen LogP contribution in [-0.2, 0) is 6.54 Å². The molecule has 0 saturated carbocycles. The standard InChI is InChI=1S/C13H20FN3/c1-17(9-11-2-4-15-5-3-11)10-12-6-13(14)8-16-7-12/h6-8,11,15H,2-5,9-10H2,1H3. The van der Waals surface area contributed by atoms with Crippen molar-refractivity contribution in [2.75, 3.05) is 26.7 Å². The van der Waals surface area contributed by atoms with E-state index < -0.39 is 0 Å². The highest BCUT2D eigenvalue weighted by Crippen LogP contribution is 2.14. The van der Waals surface area contributed by atoms with Crippen molar-refractivity contribution in [1.29, 1.82) is 0 Å². The second-order valence-electron chi connectivity index (χ2n) is 4.90. The zero-order valence-electron chi connectivity index (χ0n) is 10.3. The van der Waals surface area contributed by atoms with Crippen LogP contribution in [0.25, 0.3) is 0 Å². The molecule has 0 aliphatic carbocycles. The summed E-state index contributed by atoms with van der Waals surface area (Å²) in [5, 5.41) is 3.37. The van der Waals surface area contributed by atoms with Gasteiger partial charge in [0.25, 0.3) is 0 Å². The van der Waals surface area contributed by atoms with E-state index >= 15 is 0 Å². The van der Waals surface area contributed by atoms with E-state index in [-0.39, 0.29) is 5.82 Å². The minimum Gasteiger partial charge on any atom is -0.317 e. The van der Waals surface area contributed by atoms with Crippen molar-refractivity contribution in [1.82, 2.24) is 15.2 Å². The maximum absolute atomic E-state index is 13.0. The van der Waals surface area contributed by atoms with Gasteiger partial charge in [-0.3, -0.25) is 4.98 Å². The Hall–Kier alpha value is -1.00. The summed E-state index contributed by atoms with van der Waals surface area (Å²) < 4.78 is 13.0. The predicted molar refractivity (Wildman–Crippen MR) is 66.1 cm³/mol. The number of halogens is 1. The van der Waals surface area contributed by atoms with E-state index in [9.17, 15) is 4.39 Å². The van der Waals surface area contributed by atoms with Crippen LogP contribution in [0.15, 0.2) is 18.5 Å². The third kappa shape index (κ3) is 4.06. The van der Waals surface area contributed by atoms with Gasteiger partial charge in [-0.05, 0) is 50.5 Å². The zero-order valence-corrected chi connectivity index (χ0v) is 10.3. The SMILES string of the molecule is CN(Cc1cncc(F)c1)CC1CCNCC1. The molecule has 0 aromatic carbocycles. The molecule has 3 nitrogen and oxygen atoms in total. The first-order valence-electron chi connectivity index (χ1n) is 6.23. The fourth-order valence-electron chi connectivity index (χ4n) is 2.42. The summed E-state index contributed by atoms with van der Waals surface area (Å²) in [5.74, 6) is 0.514. The lowest BCUT2D eigenvalue weighted by molar-refractivity contribution is 0.234. The largest absolute Gasteiger partial charge is 0.317 e. The number of nitrogens with zero attached hydrogens (tertiary/aromatic N) is 2. The lowest BCUT2D eigenvalue weighted by Crippen LogP contribution is -2.34. The van der Waals surface area contributed by atoms with Crippen molar-refractivity contribution in [3.05, 3.63) is 29.8 Å². The van der Waals surface area contributed by atoms with Gasteiger partial charge in [-0.1, -0.05) is 0 Å². The minimum absolute atomic E-state index is 0.252. The van der Waals surface area contributed by atoms with E-state index in [0.717, 1.165) is 37.7 Å². The van der Waals surface area contributed by atoms with Crippen LogP contribution in [0.4, 0.5) is 4.39 Å². The fourth-order valence-corrected chi connectivity index (χ4v) is 2.42. The minimum atomic E-state index is -0.252. The van der Waals surface area contributed by atoms with Gasteiger partial charge >= 0.3 is 0 Å². The van der Waals surface area contributed by atoms with Crippen LogP contribution in [0.2, 0.25) is 0 Å². The van der Waals surface area contributed by atoms with E-state index in [1.807, 2.05) is 0 Å². The molecule has 1 aromatic heterocycles. The maximum atomic E-state index is 13.0. The molecule has 0 unspecified atom stereocenters. The van der Waals surface area contributed by atoms with Gasteiger partial charge in [-0.2, -0.15) is 0 Å². The lowest BCUT2D eigenvalue weighted by atomic mass is 9.97. The smallest absolute Gasteiger partial charge is 0.141 e. The van der Waals surface area contributed by atoms with Crippen LogP contribution in [0.1, 0.15) is 18.4 Å². The Bertz CT molecular complexity index is 350. The molecule has 0 atom stereocenters. The molecule has 0 amide bonds. The average Bonchev–Trinajstić information content (AvgIpc) is 2.30. The van der Waals surface area contributed by atoms with Gasteiger partial charge < -0.3 is 10.2 Å². The monoisotopic (exact) mass is 237 g/mol. The summed E-state index contributed by atoms with van der Waals surface area (Å²) in [6.07, 6.45) is 5.47. The van der Waals surface area contributed by atoms with Crippen LogP contribution in [0, 0.1) is 11.7 Å². The van der Waals surface area contributed by atoms with E-state index in [4.69, 9.17) is 0 Å². The molecule has 1 saturated heterocycles. The number of nitrogens with one attached hydrogen (secondary N) is 1. The summed E-state index contributed by atoms with van der Waals surface area (Å²) in [7, 11) is 2.09. The van der Waals surface area contributed by atoms with Crippen LogP contribution in [0.5, 0.6) is 0 Å². The molecular formula is C13H20FN3. The Morgan fingerprint density at radius 3 is 2.88 bits per heavy atom. The average molecular weight is 237 g/mol. The molecule has 1 aromatic rings. The maximum Gasteiger partial charge on any atom is 0.141 e. The highest BCUT2D eigenvalue weighted by molar-refractivity contribution is 5.09. The topological polar surface area (TPSA) is 28.2 Å². The number of pyridine rings is 1. The van der Waals surface area contributed by atoms with Gasteiger partial charge in [-0.25, -0.2) is 4.39 Å². The predicted octanol–water partition coefficient (Wildman–Crippen LogP) is 1.65. The third-order valence-corrected chi connectivity index (χ3v) is 3.24. The lowest BCUT2D eigenvalue weighted by Gasteiger charge is -2.27. The summed E-state index contributed by atoms with van der Waals surface area (Å²) >= 11 is 0. The van der Waals surface area contributed by atoms with Crippen LogP contribution in [0.3, 0.4) is 0 Å². The van der Waals surface area contributed by atoms with Crippen molar-refractivity contribution in [3.8, 4) is 0 Å². The van der Waals surface area contributed by atoms with Crippen molar-refractivity contribution < 1.29 is 4.39 Å². The van der Waals surface area contributed by atoms with Crippen molar-refractivity contribution in [2.24, 2.45) is 5.92 Å². The van der Waals surface area contributed by atoms with Crippen molar-refractivity contribution in [2.45, 2.75) is 19.4 Å². The molecule has 0 bridgehead atoms. The number of hydrogen-bond acceptors (Lipinski definition) is 3. The second kappa shape index (κ2) is 6.07. The van der Waals surface area contributed by atoms with Crippen LogP contribution >= 0.6 is 0 Å². The normalized spacial score (nSPS) is 17.6. The molecule has 1 N–H and O–H groups in total. The Morgan fingerprint density at radius 2 is 2.18 bits per heavy atom. The molecular weight excluding hydrogens is 217 g/mol. The first-order chi connectivity index (χ1) is 8.24. The number of rotatable bonds is 4. The Kier molecular flexibility index (Phi) is 4.45. The Balaban J connectivity index is 1.82. The highest BCUT2D eigenvalue weighted by atomic mass is 19.1.